The van der Waals surface area contributed by atoms with Crippen LogP contribution < -0.4 is 4.74 Å². The van der Waals surface area contributed by atoms with Crippen LogP contribution >= 0.6 is 28.1 Å². The minimum Gasteiger partial charge on any atom is -0.497 e. The quantitative estimate of drug-likeness (QED) is 0.268. The smallest absolute Gasteiger partial charge is 0.214 e. The van der Waals surface area contributed by atoms with E-state index in [-0.39, 0.29) is 12.1 Å². The van der Waals surface area contributed by atoms with Crippen molar-refractivity contribution >= 4 is 39.1 Å². The molecule has 0 spiro atoms. The molecule has 1 atom stereocenters. The number of H-pyrrole nitrogens is 1. The topological polar surface area (TPSA) is 55.1 Å². The van der Waals surface area contributed by atoms with Gasteiger partial charge in [0.15, 0.2) is 4.77 Å². The van der Waals surface area contributed by atoms with E-state index in [1.54, 1.807) is 7.11 Å². The van der Waals surface area contributed by atoms with Crippen LogP contribution in [0, 0.1) is 4.77 Å². The maximum atomic E-state index is 11.4. The molecule has 0 radical (unpaired) electrons. The largest absolute Gasteiger partial charge is 0.497 e. The Bertz CT molecular complexity index is 1390. The number of nitrogens with zero attached hydrogens (tertiary/aromatic N) is 2. The molecule has 0 bridgehead atoms. The molecule has 0 saturated heterocycles. The third kappa shape index (κ3) is 2.90. The van der Waals surface area contributed by atoms with Crippen LogP contribution in [0.3, 0.4) is 0 Å². The van der Waals surface area contributed by atoms with E-state index in [0.717, 1.165) is 45.5 Å². The molecular weight excluding hydrogens is 486 g/mol. The fourth-order valence-electron chi connectivity index (χ4n) is 5.55. The van der Waals surface area contributed by atoms with E-state index in [9.17, 15) is 5.11 Å². The summed E-state index contributed by atoms with van der Waals surface area (Å²) < 4.78 is 11.3. The number of fused-ring (bicyclic) bond motifs is 4. The van der Waals surface area contributed by atoms with E-state index < -0.39 is 0 Å². The lowest BCUT2D eigenvalue weighted by molar-refractivity contribution is 0.377. The summed E-state index contributed by atoms with van der Waals surface area (Å²) in [4.78, 5) is 3.68. The van der Waals surface area contributed by atoms with E-state index in [2.05, 4.69) is 55.8 Å². The van der Waals surface area contributed by atoms with Gasteiger partial charge in [0.05, 0.1) is 12.8 Å². The SMILES string of the molecule is COc1ccc(C2c3[nH]c4ccc(Br)cc4c3Cc3c(O)n(C4CCCC4)c(=S)n32)cc1. The van der Waals surface area contributed by atoms with Gasteiger partial charge in [-0.25, -0.2) is 0 Å². The maximum absolute atomic E-state index is 11.4. The Morgan fingerprint density at radius 3 is 2.56 bits per heavy atom. The molecule has 164 valence electrons. The van der Waals surface area contributed by atoms with E-state index in [4.69, 9.17) is 17.0 Å². The van der Waals surface area contributed by atoms with E-state index in [1.165, 1.54) is 23.8 Å². The van der Waals surface area contributed by atoms with Crippen LogP contribution in [0.15, 0.2) is 46.9 Å². The third-order valence-corrected chi connectivity index (χ3v) is 7.97. The summed E-state index contributed by atoms with van der Waals surface area (Å²) in [6, 6.07) is 14.6. The second-order valence-electron chi connectivity index (χ2n) is 8.79. The molecule has 2 N–H and O–H groups in total. The van der Waals surface area contributed by atoms with Crippen molar-refractivity contribution in [2.75, 3.05) is 7.11 Å². The summed E-state index contributed by atoms with van der Waals surface area (Å²) >= 11 is 9.64. The fraction of sp³-hybridized carbons (Fsp3) is 0.320. The highest BCUT2D eigenvalue weighted by Gasteiger charge is 2.36. The highest BCUT2D eigenvalue weighted by Crippen LogP contribution is 2.45. The number of hydrogen-bond donors (Lipinski definition) is 2. The standard InChI is InChI=1S/C25H24BrN3O2S/c1-31-17-9-6-14(7-10-17)23-22-19(18-12-15(26)8-11-20(18)27-22)13-21-24(30)28(25(32)29(21)23)16-4-2-3-5-16/h6-12,16,23,27,30H,2-5,13H2,1H3. The first-order valence-corrected chi connectivity index (χ1v) is 12.3. The van der Waals surface area contributed by atoms with Crippen LogP contribution in [-0.2, 0) is 6.42 Å². The fourth-order valence-corrected chi connectivity index (χ4v) is 6.37. The molecule has 2 aliphatic rings. The van der Waals surface area contributed by atoms with E-state index in [1.807, 2.05) is 16.7 Å². The zero-order chi connectivity index (χ0) is 22.0. The Kier molecular flexibility index (Phi) is 4.73. The van der Waals surface area contributed by atoms with Crippen LogP contribution in [0.5, 0.6) is 11.6 Å². The molecule has 1 aliphatic heterocycles. The van der Waals surface area contributed by atoms with Crippen molar-refractivity contribution in [3.05, 3.63) is 74.2 Å². The Morgan fingerprint density at radius 2 is 1.84 bits per heavy atom. The van der Waals surface area contributed by atoms with Gasteiger partial charge in [0.2, 0.25) is 5.88 Å². The summed E-state index contributed by atoms with van der Waals surface area (Å²) in [5.41, 5.74) is 5.46. The summed E-state index contributed by atoms with van der Waals surface area (Å²) in [7, 11) is 1.68. The van der Waals surface area contributed by atoms with Crippen molar-refractivity contribution in [2.45, 2.75) is 44.2 Å². The van der Waals surface area contributed by atoms with Gasteiger partial charge >= 0.3 is 0 Å². The predicted molar refractivity (Wildman–Crippen MR) is 131 cm³/mol. The van der Waals surface area contributed by atoms with E-state index in [0.29, 0.717) is 17.1 Å². The lowest BCUT2D eigenvalue weighted by atomic mass is 9.93. The number of ether oxygens (including phenoxy) is 1. The first kappa shape index (κ1) is 20.1. The van der Waals surface area contributed by atoms with Gasteiger partial charge in [-0.15, -0.1) is 0 Å². The number of halogens is 1. The molecule has 1 unspecified atom stereocenters. The first-order chi connectivity index (χ1) is 15.6. The number of benzene rings is 2. The van der Waals surface area contributed by atoms with Crippen molar-refractivity contribution in [3.63, 3.8) is 0 Å². The molecule has 1 saturated carbocycles. The van der Waals surface area contributed by atoms with Gasteiger partial charge in [0, 0.05) is 33.5 Å². The lowest BCUT2D eigenvalue weighted by Gasteiger charge is -2.27. The van der Waals surface area contributed by atoms with Gasteiger partial charge in [0.25, 0.3) is 0 Å². The minimum absolute atomic E-state index is 0.133. The molecule has 5 nitrogen and oxygen atoms in total. The average molecular weight is 510 g/mol. The van der Waals surface area contributed by atoms with E-state index >= 15 is 0 Å². The number of aromatic amines is 1. The van der Waals surface area contributed by atoms with Crippen molar-refractivity contribution in [1.29, 1.82) is 0 Å². The third-order valence-electron chi connectivity index (χ3n) is 7.09. The molecular formula is C25H24BrN3O2S. The highest BCUT2D eigenvalue weighted by molar-refractivity contribution is 9.10. The number of aromatic hydroxyl groups is 1. The molecule has 4 aromatic rings. The molecule has 6 rings (SSSR count). The zero-order valence-corrected chi connectivity index (χ0v) is 20.2. The Hall–Kier alpha value is -2.51. The number of rotatable bonds is 3. The van der Waals surface area contributed by atoms with Crippen LogP contribution in [0.2, 0.25) is 0 Å². The molecule has 2 aromatic carbocycles. The lowest BCUT2D eigenvalue weighted by Crippen LogP contribution is -2.22. The van der Waals surface area contributed by atoms with Gasteiger partial charge in [-0.2, -0.15) is 0 Å². The molecule has 1 fully saturated rings. The van der Waals surface area contributed by atoms with Crippen molar-refractivity contribution in [2.24, 2.45) is 0 Å². The zero-order valence-electron chi connectivity index (χ0n) is 17.8. The van der Waals surface area contributed by atoms with Gasteiger partial charge in [-0.05, 0) is 66.5 Å². The maximum Gasteiger partial charge on any atom is 0.214 e. The van der Waals surface area contributed by atoms with Crippen LogP contribution in [-0.4, -0.2) is 26.3 Å². The number of nitrogens with one attached hydrogen (secondary N) is 1. The summed E-state index contributed by atoms with van der Waals surface area (Å²) in [5.74, 6) is 1.15. The molecule has 3 heterocycles. The van der Waals surface area contributed by atoms with Gasteiger partial charge in [0.1, 0.15) is 11.8 Å². The number of hydrogen-bond acceptors (Lipinski definition) is 3. The Labute approximate surface area is 199 Å². The normalized spacial score (nSPS) is 18.1. The second kappa shape index (κ2) is 7.52. The average Bonchev–Trinajstić information content (AvgIpc) is 3.51. The van der Waals surface area contributed by atoms with Crippen molar-refractivity contribution < 1.29 is 9.84 Å². The predicted octanol–water partition coefficient (Wildman–Crippen LogP) is 6.63. The Morgan fingerprint density at radius 1 is 1.09 bits per heavy atom. The summed E-state index contributed by atoms with van der Waals surface area (Å²) in [6.45, 7) is 0. The molecule has 0 amide bonds. The van der Waals surface area contributed by atoms with Gasteiger partial charge in [-0.1, -0.05) is 40.9 Å². The number of aromatic nitrogens is 3. The summed E-state index contributed by atoms with van der Waals surface area (Å²) in [5, 5.41) is 12.6. The first-order valence-electron chi connectivity index (χ1n) is 11.1. The van der Waals surface area contributed by atoms with Gasteiger partial charge in [-0.3, -0.25) is 4.57 Å². The highest BCUT2D eigenvalue weighted by atomic mass is 79.9. The van der Waals surface area contributed by atoms with Crippen LogP contribution in [0.1, 0.15) is 60.3 Å². The van der Waals surface area contributed by atoms with Crippen molar-refractivity contribution in [3.8, 4) is 11.6 Å². The number of imidazole rings is 1. The minimum atomic E-state index is -0.133. The van der Waals surface area contributed by atoms with Crippen molar-refractivity contribution in [1.82, 2.24) is 14.1 Å². The molecule has 2 aromatic heterocycles. The monoisotopic (exact) mass is 509 g/mol. The number of methoxy groups -OCH3 is 1. The van der Waals surface area contributed by atoms with Crippen LogP contribution in [0.4, 0.5) is 0 Å². The second-order valence-corrected chi connectivity index (χ2v) is 10.1. The molecule has 7 heteroatoms. The van der Waals surface area contributed by atoms with Crippen LogP contribution in [0.25, 0.3) is 10.9 Å². The van der Waals surface area contributed by atoms with Gasteiger partial charge < -0.3 is 19.4 Å². The Balaban J connectivity index is 1.62. The molecule has 32 heavy (non-hydrogen) atoms. The summed E-state index contributed by atoms with van der Waals surface area (Å²) in [6.07, 6.45) is 5.16. The molecule has 1 aliphatic carbocycles.